The van der Waals surface area contributed by atoms with Crippen molar-refractivity contribution in [3.63, 3.8) is 0 Å². The molecular weight excluding hydrogens is 364 g/mol. The first-order chi connectivity index (χ1) is 8.16. The Morgan fingerprint density at radius 3 is 2.47 bits per heavy atom. The second kappa shape index (κ2) is 5.94. The highest BCUT2D eigenvalue weighted by Crippen LogP contribution is 2.32. The Balaban J connectivity index is 2.01. The van der Waals surface area contributed by atoms with E-state index in [1.54, 1.807) is 0 Å². The molecule has 0 amide bonds. The summed E-state index contributed by atoms with van der Waals surface area (Å²) in [6.45, 7) is 0. The minimum Gasteiger partial charge on any atom is -0.294 e. The third-order valence-electron chi connectivity index (χ3n) is 2.44. The Hall–Kier alpha value is -0.450. The van der Waals surface area contributed by atoms with Gasteiger partial charge >= 0.3 is 0 Å². The van der Waals surface area contributed by atoms with Crippen molar-refractivity contribution < 1.29 is 4.79 Å². The predicted octanol–water partition coefficient (Wildman–Crippen LogP) is 5.09. The molecule has 0 bridgehead atoms. The summed E-state index contributed by atoms with van der Waals surface area (Å²) in [4.78, 5) is 12.0. The van der Waals surface area contributed by atoms with Crippen LogP contribution in [0.4, 0.5) is 0 Å². The van der Waals surface area contributed by atoms with E-state index < -0.39 is 0 Å². The highest BCUT2D eigenvalue weighted by atomic mass is 79.9. The number of ketones is 1. The molecule has 88 valence electrons. The highest BCUT2D eigenvalue weighted by Gasteiger charge is 2.13. The molecule has 1 nitrogen and oxygen atoms in total. The minimum absolute atomic E-state index is 0.183. The van der Waals surface area contributed by atoms with Crippen molar-refractivity contribution in [1.82, 2.24) is 0 Å². The number of carbonyl (C=O) groups excluding carboxylic acids is 1. The van der Waals surface area contributed by atoms with Crippen molar-refractivity contribution in [3.8, 4) is 0 Å². The molecule has 17 heavy (non-hydrogen) atoms. The summed E-state index contributed by atoms with van der Waals surface area (Å²) >= 11 is 8.33. The molecule has 0 atom stereocenters. The van der Waals surface area contributed by atoms with Gasteiger partial charge in [-0.15, -0.1) is 11.3 Å². The van der Waals surface area contributed by atoms with Crippen LogP contribution < -0.4 is 0 Å². The Bertz CT molecular complexity index is 519. The second-order valence-electron chi connectivity index (χ2n) is 3.65. The zero-order valence-electron chi connectivity index (χ0n) is 8.95. The van der Waals surface area contributed by atoms with Crippen LogP contribution in [0.3, 0.4) is 0 Å². The molecule has 4 heteroatoms. The summed E-state index contributed by atoms with van der Waals surface area (Å²) in [5.74, 6) is 0.183. The standard InChI is InChI=1S/C13H10Br2OS/c14-12-8-10(13(15)17-12)11(16)7-6-9-4-2-1-3-5-9/h1-5,8H,6-7H2. The van der Waals surface area contributed by atoms with Crippen LogP contribution in [0.5, 0.6) is 0 Å². The van der Waals surface area contributed by atoms with Gasteiger partial charge in [0, 0.05) is 12.0 Å². The van der Waals surface area contributed by atoms with Gasteiger partial charge in [-0.2, -0.15) is 0 Å². The van der Waals surface area contributed by atoms with Crippen LogP contribution in [0.15, 0.2) is 44.0 Å². The monoisotopic (exact) mass is 372 g/mol. The Labute approximate surface area is 121 Å². The zero-order valence-corrected chi connectivity index (χ0v) is 12.9. The largest absolute Gasteiger partial charge is 0.294 e. The molecule has 0 unspecified atom stereocenters. The van der Waals surface area contributed by atoms with Gasteiger partial charge in [0.25, 0.3) is 0 Å². The lowest BCUT2D eigenvalue weighted by molar-refractivity contribution is 0.0982. The number of rotatable bonds is 4. The number of Topliss-reactive ketones (excluding diaryl/α,β-unsaturated/α-hetero) is 1. The summed E-state index contributed by atoms with van der Waals surface area (Å²) in [6.07, 6.45) is 1.34. The minimum atomic E-state index is 0.183. The molecule has 0 aliphatic rings. The Morgan fingerprint density at radius 2 is 1.88 bits per heavy atom. The average Bonchev–Trinajstić information content (AvgIpc) is 2.67. The van der Waals surface area contributed by atoms with Crippen molar-refractivity contribution in [1.29, 1.82) is 0 Å². The average molecular weight is 374 g/mol. The predicted molar refractivity (Wildman–Crippen MR) is 78.8 cm³/mol. The van der Waals surface area contributed by atoms with E-state index in [1.807, 2.05) is 36.4 Å². The van der Waals surface area contributed by atoms with Gasteiger partial charge in [-0.25, -0.2) is 0 Å². The molecule has 1 aromatic carbocycles. The molecule has 0 N–H and O–H groups in total. The normalized spacial score (nSPS) is 10.5. The van der Waals surface area contributed by atoms with Gasteiger partial charge in [-0.3, -0.25) is 4.79 Å². The molecule has 0 saturated heterocycles. The van der Waals surface area contributed by atoms with Crippen LogP contribution in [0, 0.1) is 0 Å². The molecule has 0 radical (unpaired) electrons. The topological polar surface area (TPSA) is 17.1 Å². The summed E-state index contributed by atoms with van der Waals surface area (Å²) < 4.78 is 1.88. The number of thiophene rings is 1. The summed E-state index contributed by atoms with van der Waals surface area (Å²) in [5, 5.41) is 0. The van der Waals surface area contributed by atoms with Crippen molar-refractivity contribution in [2.24, 2.45) is 0 Å². The van der Waals surface area contributed by atoms with Crippen molar-refractivity contribution >= 4 is 49.0 Å². The lowest BCUT2D eigenvalue weighted by Crippen LogP contribution is -2.00. The van der Waals surface area contributed by atoms with E-state index in [0.717, 1.165) is 19.6 Å². The van der Waals surface area contributed by atoms with Crippen LogP contribution in [0.25, 0.3) is 0 Å². The summed E-state index contributed by atoms with van der Waals surface area (Å²) in [7, 11) is 0. The second-order valence-corrected chi connectivity index (χ2v) is 7.40. The third-order valence-corrected chi connectivity index (χ3v) is 4.78. The van der Waals surface area contributed by atoms with E-state index >= 15 is 0 Å². The van der Waals surface area contributed by atoms with Crippen molar-refractivity contribution in [2.45, 2.75) is 12.8 Å². The van der Waals surface area contributed by atoms with Gasteiger partial charge in [-0.1, -0.05) is 30.3 Å². The quantitative estimate of drug-likeness (QED) is 0.682. The van der Waals surface area contributed by atoms with Crippen LogP contribution >= 0.6 is 43.2 Å². The fourth-order valence-corrected chi connectivity index (χ4v) is 4.42. The van der Waals surface area contributed by atoms with E-state index in [4.69, 9.17) is 0 Å². The maximum atomic E-state index is 12.0. The zero-order chi connectivity index (χ0) is 12.3. The van der Waals surface area contributed by atoms with Gasteiger partial charge < -0.3 is 0 Å². The molecule has 2 rings (SSSR count). The third kappa shape index (κ3) is 3.50. The van der Waals surface area contributed by atoms with E-state index in [1.165, 1.54) is 16.9 Å². The summed E-state index contributed by atoms with van der Waals surface area (Å²) in [6, 6.07) is 11.9. The fraction of sp³-hybridized carbons (Fsp3) is 0.154. The fourth-order valence-electron chi connectivity index (χ4n) is 1.57. The first kappa shape index (κ1) is 13.0. The van der Waals surface area contributed by atoms with Crippen LogP contribution in [0.2, 0.25) is 0 Å². The van der Waals surface area contributed by atoms with Gasteiger partial charge in [0.05, 0.1) is 7.57 Å². The number of aryl methyl sites for hydroxylation is 1. The van der Waals surface area contributed by atoms with E-state index in [0.29, 0.717) is 6.42 Å². The molecule has 0 aliphatic carbocycles. The van der Waals surface area contributed by atoms with Gasteiger partial charge in [0.2, 0.25) is 0 Å². The molecule has 1 aromatic heterocycles. The maximum Gasteiger partial charge on any atom is 0.165 e. The van der Waals surface area contributed by atoms with E-state index in [9.17, 15) is 4.79 Å². The van der Waals surface area contributed by atoms with Gasteiger partial charge in [0.15, 0.2) is 5.78 Å². The SMILES string of the molecule is O=C(CCc1ccccc1)c1cc(Br)sc1Br. The first-order valence-corrected chi connectivity index (χ1v) is 7.59. The van der Waals surface area contributed by atoms with Crippen LogP contribution in [-0.2, 0) is 6.42 Å². The Kier molecular flexibility index (Phi) is 4.54. The van der Waals surface area contributed by atoms with Gasteiger partial charge in [0.1, 0.15) is 0 Å². The van der Waals surface area contributed by atoms with E-state index in [2.05, 4.69) is 31.9 Å². The van der Waals surface area contributed by atoms with E-state index in [-0.39, 0.29) is 5.78 Å². The molecule has 0 spiro atoms. The number of benzene rings is 1. The molecular formula is C13H10Br2OS. The Morgan fingerprint density at radius 1 is 1.18 bits per heavy atom. The van der Waals surface area contributed by atoms with Crippen molar-refractivity contribution in [3.05, 3.63) is 55.1 Å². The smallest absolute Gasteiger partial charge is 0.165 e. The number of halogens is 2. The first-order valence-electron chi connectivity index (χ1n) is 5.19. The highest BCUT2D eigenvalue weighted by molar-refractivity contribution is 9.12. The number of hydrogen-bond donors (Lipinski definition) is 0. The number of hydrogen-bond acceptors (Lipinski definition) is 2. The number of carbonyl (C=O) groups is 1. The lowest BCUT2D eigenvalue weighted by Gasteiger charge is -2.00. The summed E-state index contributed by atoms with van der Waals surface area (Å²) in [5.41, 5.74) is 1.98. The van der Waals surface area contributed by atoms with Crippen LogP contribution in [0.1, 0.15) is 22.3 Å². The van der Waals surface area contributed by atoms with Crippen molar-refractivity contribution in [2.75, 3.05) is 0 Å². The molecule has 0 fully saturated rings. The maximum absolute atomic E-state index is 12.0. The molecule has 0 aliphatic heterocycles. The van der Waals surface area contributed by atoms with Crippen LogP contribution in [-0.4, -0.2) is 5.78 Å². The molecule has 1 heterocycles. The van der Waals surface area contributed by atoms with Gasteiger partial charge in [-0.05, 0) is 49.9 Å². The molecule has 2 aromatic rings. The molecule has 0 saturated carbocycles. The lowest BCUT2D eigenvalue weighted by atomic mass is 10.1.